The van der Waals surface area contributed by atoms with Gasteiger partial charge in [0.15, 0.2) is 11.5 Å². The average Bonchev–Trinajstić information content (AvgIpc) is 2.61. The Hall–Kier alpha value is -2.25. The third kappa shape index (κ3) is 3.88. The lowest BCUT2D eigenvalue weighted by Gasteiger charge is -2.26. The van der Waals surface area contributed by atoms with Gasteiger partial charge in [-0.1, -0.05) is 12.1 Å². The summed E-state index contributed by atoms with van der Waals surface area (Å²) in [6.07, 6.45) is 1.77. The summed E-state index contributed by atoms with van der Waals surface area (Å²) in [5.74, 6) is 2.78. The molecule has 0 spiro atoms. The fourth-order valence-electron chi connectivity index (χ4n) is 3.08. The topological polar surface area (TPSA) is 94.3 Å². The van der Waals surface area contributed by atoms with Gasteiger partial charge in [0.05, 0.1) is 5.69 Å². The highest BCUT2D eigenvalue weighted by molar-refractivity contribution is 5.85. The number of rotatable bonds is 4. The lowest BCUT2D eigenvalue weighted by atomic mass is 10.1. The van der Waals surface area contributed by atoms with E-state index in [0.29, 0.717) is 12.6 Å². The summed E-state index contributed by atoms with van der Waals surface area (Å²) in [6, 6.07) is 7.76. The van der Waals surface area contributed by atoms with Crippen molar-refractivity contribution in [1.82, 2.24) is 15.3 Å². The van der Waals surface area contributed by atoms with Crippen LogP contribution in [-0.4, -0.2) is 35.8 Å². The molecule has 2 aliphatic rings. The van der Waals surface area contributed by atoms with Gasteiger partial charge >= 0.3 is 0 Å². The van der Waals surface area contributed by atoms with Crippen LogP contribution in [0.5, 0.6) is 11.5 Å². The third-order valence-corrected chi connectivity index (χ3v) is 4.28. The molecule has 4 N–H and O–H groups in total. The number of hydrogen-bond donors (Lipinski definition) is 3. The molecular formula is C17H22ClN5O2. The molecule has 1 unspecified atom stereocenters. The number of nitrogens with one attached hydrogen (secondary N) is 2. The van der Waals surface area contributed by atoms with E-state index in [-0.39, 0.29) is 18.5 Å². The van der Waals surface area contributed by atoms with Gasteiger partial charge in [-0.05, 0) is 25.1 Å². The van der Waals surface area contributed by atoms with Gasteiger partial charge in [-0.3, -0.25) is 0 Å². The van der Waals surface area contributed by atoms with Crippen LogP contribution in [0.15, 0.2) is 24.3 Å². The van der Waals surface area contributed by atoms with Gasteiger partial charge < -0.3 is 25.8 Å². The van der Waals surface area contributed by atoms with Crippen molar-refractivity contribution in [3.63, 3.8) is 0 Å². The zero-order valence-electron chi connectivity index (χ0n) is 13.8. The number of hydrogen-bond acceptors (Lipinski definition) is 7. The second kappa shape index (κ2) is 7.76. The van der Waals surface area contributed by atoms with Crippen LogP contribution in [0.3, 0.4) is 0 Å². The lowest BCUT2D eigenvalue weighted by molar-refractivity contribution is 0.0873. The van der Waals surface area contributed by atoms with E-state index >= 15 is 0 Å². The Kier molecular flexibility index (Phi) is 5.45. The van der Waals surface area contributed by atoms with Crippen LogP contribution in [0, 0.1) is 0 Å². The quantitative estimate of drug-likeness (QED) is 0.762. The van der Waals surface area contributed by atoms with Crippen molar-refractivity contribution < 1.29 is 9.47 Å². The van der Waals surface area contributed by atoms with Crippen LogP contribution in [0.2, 0.25) is 0 Å². The summed E-state index contributed by atoms with van der Waals surface area (Å²) in [5.41, 5.74) is 7.97. The highest BCUT2D eigenvalue weighted by Crippen LogP contribution is 2.31. The SMILES string of the molecule is Cl.Nc1nc2c(c(NCCC3COc4ccccc4O3)n1)CCNC2. The number of nitrogen functional groups attached to an aromatic ring is 1. The van der Waals surface area contributed by atoms with E-state index in [2.05, 4.69) is 20.6 Å². The lowest BCUT2D eigenvalue weighted by Crippen LogP contribution is -2.31. The van der Waals surface area contributed by atoms with Gasteiger partial charge in [-0.25, -0.2) is 4.98 Å². The van der Waals surface area contributed by atoms with Gasteiger partial charge in [-0.2, -0.15) is 4.98 Å². The number of anilines is 2. The molecule has 1 atom stereocenters. The van der Waals surface area contributed by atoms with Crippen molar-refractivity contribution in [2.45, 2.75) is 25.5 Å². The van der Waals surface area contributed by atoms with Crippen molar-refractivity contribution in [3.05, 3.63) is 35.5 Å². The van der Waals surface area contributed by atoms with Crippen LogP contribution in [0.25, 0.3) is 0 Å². The minimum atomic E-state index is 0. The maximum Gasteiger partial charge on any atom is 0.222 e. The number of aromatic nitrogens is 2. The minimum Gasteiger partial charge on any atom is -0.486 e. The number of ether oxygens (including phenoxy) is 2. The van der Waals surface area contributed by atoms with Crippen LogP contribution in [0.1, 0.15) is 17.7 Å². The summed E-state index contributed by atoms with van der Waals surface area (Å²) in [7, 11) is 0. The Balaban J connectivity index is 0.00000182. The molecule has 134 valence electrons. The molecular weight excluding hydrogens is 342 g/mol. The molecule has 2 aliphatic heterocycles. The normalized spacial score (nSPS) is 18.0. The van der Waals surface area contributed by atoms with Crippen molar-refractivity contribution >= 4 is 24.2 Å². The summed E-state index contributed by atoms with van der Waals surface area (Å²) < 4.78 is 11.7. The minimum absolute atomic E-state index is 0. The van der Waals surface area contributed by atoms with E-state index in [9.17, 15) is 0 Å². The van der Waals surface area contributed by atoms with Crippen LogP contribution < -0.4 is 25.8 Å². The molecule has 1 aromatic heterocycles. The van der Waals surface area contributed by atoms with Crippen LogP contribution >= 0.6 is 12.4 Å². The zero-order valence-corrected chi connectivity index (χ0v) is 14.6. The van der Waals surface area contributed by atoms with E-state index in [0.717, 1.165) is 61.1 Å². The fraction of sp³-hybridized carbons (Fsp3) is 0.412. The highest BCUT2D eigenvalue weighted by Gasteiger charge is 2.21. The number of para-hydroxylation sites is 2. The van der Waals surface area contributed by atoms with E-state index in [1.165, 1.54) is 0 Å². The Labute approximate surface area is 152 Å². The molecule has 8 heteroatoms. The molecule has 2 aromatic rings. The predicted octanol–water partition coefficient (Wildman–Crippen LogP) is 1.77. The number of fused-ring (bicyclic) bond motifs is 2. The van der Waals surface area contributed by atoms with Gasteiger partial charge in [0.25, 0.3) is 0 Å². The first kappa shape index (κ1) is 17.6. The molecule has 0 radical (unpaired) electrons. The molecule has 4 rings (SSSR count). The van der Waals surface area contributed by atoms with Crippen LogP contribution in [0.4, 0.5) is 11.8 Å². The van der Waals surface area contributed by atoms with Gasteiger partial charge in [-0.15, -0.1) is 12.4 Å². The third-order valence-electron chi connectivity index (χ3n) is 4.28. The van der Waals surface area contributed by atoms with E-state index in [1.54, 1.807) is 0 Å². The Morgan fingerprint density at radius 1 is 1.24 bits per heavy atom. The van der Waals surface area contributed by atoms with Gasteiger partial charge in [0.2, 0.25) is 5.95 Å². The first-order valence-electron chi connectivity index (χ1n) is 8.28. The summed E-state index contributed by atoms with van der Waals surface area (Å²) in [5, 5.41) is 6.69. The first-order valence-corrected chi connectivity index (χ1v) is 8.28. The monoisotopic (exact) mass is 363 g/mol. The zero-order chi connectivity index (χ0) is 16.4. The second-order valence-corrected chi connectivity index (χ2v) is 6.00. The fourth-order valence-corrected chi connectivity index (χ4v) is 3.08. The number of halogens is 1. The van der Waals surface area contributed by atoms with Crippen molar-refractivity contribution in [2.75, 3.05) is 30.7 Å². The maximum absolute atomic E-state index is 5.97. The number of benzene rings is 1. The summed E-state index contributed by atoms with van der Waals surface area (Å²) in [4.78, 5) is 8.68. The van der Waals surface area contributed by atoms with E-state index in [4.69, 9.17) is 15.2 Å². The molecule has 0 bridgehead atoms. The number of nitrogens with zero attached hydrogens (tertiary/aromatic N) is 2. The molecule has 0 amide bonds. The largest absolute Gasteiger partial charge is 0.486 e. The maximum atomic E-state index is 5.97. The molecule has 0 fully saturated rings. The van der Waals surface area contributed by atoms with Gasteiger partial charge in [0, 0.05) is 25.1 Å². The molecule has 0 saturated carbocycles. The van der Waals surface area contributed by atoms with Crippen molar-refractivity contribution in [1.29, 1.82) is 0 Å². The molecule has 3 heterocycles. The predicted molar refractivity (Wildman–Crippen MR) is 98.6 cm³/mol. The molecule has 7 nitrogen and oxygen atoms in total. The Morgan fingerprint density at radius 3 is 2.96 bits per heavy atom. The molecule has 1 aromatic carbocycles. The van der Waals surface area contributed by atoms with Crippen LogP contribution in [-0.2, 0) is 13.0 Å². The Bertz CT molecular complexity index is 743. The smallest absolute Gasteiger partial charge is 0.222 e. The summed E-state index contributed by atoms with van der Waals surface area (Å²) in [6.45, 7) is 2.98. The molecule has 0 saturated heterocycles. The average molecular weight is 364 g/mol. The summed E-state index contributed by atoms with van der Waals surface area (Å²) >= 11 is 0. The van der Waals surface area contributed by atoms with Crippen molar-refractivity contribution in [3.8, 4) is 11.5 Å². The first-order chi connectivity index (χ1) is 11.8. The molecule has 0 aliphatic carbocycles. The Morgan fingerprint density at radius 2 is 2.08 bits per heavy atom. The molecule has 25 heavy (non-hydrogen) atoms. The van der Waals surface area contributed by atoms with E-state index < -0.39 is 0 Å². The van der Waals surface area contributed by atoms with Gasteiger partial charge in [0.1, 0.15) is 18.5 Å². The highest BCUT2D eigenvalue weighted by atomic mass is 35.5. The second-order valence-electron chi connectivity index (χ2n) is 6.00. The number of nitrogens with two attached hydrogens (primary N) is 1. The van der Waals surface area contributed by atoms with Crippen molar-refractivity contribution in [2.24, 2.45) is 0 Å². The van der Waals surface area contributed by atoms with E-state index in [1.807, 2.05) is 24.3 Å². The standard InChI is InChI=1S/C17H21N5O2.ClH/c18-17-21-13-9-19-7-6-12(13)16(22-17)20-8-5-11-10-23-14-3-1-2-4-15(14)24-11;/h1-4,11,19H,5-10H2,(H3,18,20,21,22);1H.